The Labute approximate surface area is 194 Å². The van der Waals surface area contributed by atoms with Crippen molar-refractivity contribution in [2.24, 2.45) is 5.92 Å². The molecule has 0 aliphatic carbocycles. The minimum Gasteiger partial charge on any atom is -0.491 e. The van der Waals surface area contributed by atoms with Crippen LogP contribution in [0.1, 0.15) is 30.0 Å². The SMILES string of the molecule is CNC[C@@H](O)COc1cccc(-c2nc(CC3CCOCC3)cc(-c3c(C)noc3C)n2)c1. The fraction of sp³-hybridized carbons (Fsp3) is 0.480. The first-order chi connectivity index (χ1) is 16.0. The fourth-order valence-corrected chi connectivity index (χ4v) is 4.17. The third kappa shape index (κ3) is 5.96. The van der Waals surface area contributed by atoms with E-state index in [0.29, 0.717) is 24.0 Å². The van der Waals surface area contributed by atoms with Crippen LogP contribution in [-0.2, 0) is 11.2 Å². The molecule has 4 rings (SSSR count). The molecule has 0 radical (unpaired) electrons. The molecule has 1 aliphatic heterocycles. The average molecular weight is 453 g/mol. The van der Waals surface area contributed by atoms with Crippen LogP contribution in [0.15, 0.2) is 34.9 Å². The highest BCUT2D eigenvalue weighted by Gasteiger charge is 2.20. The minimum atomic E-state index is -0.580. The quantitative estimate of drug-likeness (QED) is 0.510. The molecule has 1 aliphatic rings. The second-order valence-corrected chi connectivity index (χ2v) is 8.58. The molecule has 1 atom stereocenters. The first kappa shape index (κ1) is 23.4. The van der Waals surface area contributed by atoms with Crippen molar-refractivity contribution in [1.29, 1.82) is 0 Å². The molecule has 0 amide bonds. The Morgan fingerprint density at radius 2 is 2.00 bits per heavy atom. The molecule has 33 heavy (non-hydrogen) atoms. The zero-order valence-electron chi connectivity index (χ0n) is 19.5. The molecular formula is C25H32N4O4. The number of rotatable bonds is 9. The van der Waals surface area contributed by atoms with E-state index in [0.717, 1.165) is 66.4 Å². The lowest BCUT2D eigenvalue weighted by Crippen LogP contribution is -2.29. The monoisotopic (exact) mass is 452 g/mol. The second-order valence-electron chi connectivity index (χ2n) is 8.58. The predicted octanol–water partition coefficient (Wildman–Crippen LogP) is 3.34. The highest BCUT2D eigenvalue weighted by molar-refractivity contribution is 5.67. The van der Waals surface area contributed by atoms with Crippen molar-refractivity contribution in [2.45, 2.75) is 39.2 Å². The molecule has 1 saturated heterocycles. The smallest absolute Gasteiger partial charge is 0.160 e. The highest BCUT2D eigenvalue weighted by Crippen LogP contribution is 2.30. The number of likely N-dealkylation sites (N-methyl/N-ethyl adjacent to an activating group) is 1. The molecule has 0 spiro atoms. The zero-order chi connectivity index (χ0) is 23.2. The molecule has 0 saturated carbocycles. The van der Waals surface area contributed by atoms with Gasteiger partial charge in [-0.1, -0.05) is 17.3 Å². The number of nitrogens with zero attached hydrogens (tertiary/aromatic N) is 3. The maximum Gasteiger partial charge on any atom is 0.160 e. The summed E-state index contributed by atoms with van der Waals surface area (Å²) in [4.78, 5) is 9.79. The molecule has 3 aromatic rings. The molecule has 1 fully saturated rings. The maximum atomic E-state index is 9.95. The van der Waals surface area contributed by atoms with Crippen LogP contribution in [0, 0.1) is 19.8 Å². The van der Waals surface area contributed by atoms with Crippen molar-refractivity contribution in [2.75, 3.05) is 33.4 Å². The second kappa shape index (κ2) is 10.9. The Morgan fingerprint density at radius 3 is 2.73 bits per heavy atom. The molecule has 1 aromatic carbocycles. The lowest BCUT2D eigenvalue weighted by Gasteiger charge is -2.22. The molecular weight excluding hydrogens is 420 g/mol. The first-order valence-electron chi connectivity index (χ1n) is 11.5. The standard InChI is InChI=1S/C25H32N4O4/c1-16-24(17(2)33-29-16)23-13-20(11-18-7-9-31-10-8-18)27-25(28-23)19-5-4-6-22(12-19)32-15-21(30)14-26-3/h4-6,12-13,18,21,26,30H,7-11,14-15H2,1-3H3/t21-/m1/s1. The summed E-state index contributed by atoms with van der Waals surface area (Å²) in [6.07, 6.45) is 2.38. The summed E-state index contributed by atoms with van der Waals surface area (Å²) < 4.78 is 16.7. The van der Waals surface area contributed by atoms with Crippen LogP contribution in [-0.4, -0.2) is 59.7 Å². The lowest BCUT2D eigenvalue weighted by molar-refractivity contribution is 0.0663. The van der Waals surface area contributed by atoms with Gasteiger partial charge in [0, 0.05) is 31.0 Å². The summed E-state index contributed by atoms with van der Waals surface area (Å²) >= 11 is 0. The van der Waals surface area contributed by atoms with Gasteiger partial charge in [0.1, 0.15) is 24.2 Å². The maximum absolute atomic E-state index is 9.95. The molecule has 8 nitrogen and oxygen atoms in total. The van der Waals surface area contributed by atoms with Gasteiger partial charge < -0.3 is 24.4 Å². The Morgan fingerprint density at radius 1 is 1.18 bits per heavy atom. The molecule has 2 aromatic heterocycles. The van der Waals surface area contributed by atoms with Crippen molar-refractivity contribution in [3.8, 4) is 28.4 Å². The van der Waals surface area contributed by atoms with Crippen LogP contribution in [0.2, 0.25) is 0 Å². The van der Waals surface area contributed by atoms with Gasteiger partial charge in [-0.05, 0) is 64.3 Å². The number of hydrogen-bond acceptors (Lipinski definition) is 8. The number of benzene rings is 1. The summed E-state index contributed by atoms with van der Waals surface area (Å²) in [6.45, 7) is 6.12. The highest BCUT2D eigenvalue weighted by atomic mass is 16.5. The van der Waals surface area contributed by atoms with E-state index in [9.17, 15) is 5.11 Å². The third-order valence-corrected chi connectivity index (χ3v) is 5.88. The zero-order valence-corrected chi connectivity index (χ0v) is 19.5. The van der Waals surface area contributed by atoms with Gasteiger partial charge in [-0.25, -0.2) is 9.97 Å². The van der Waals surface area contributed by atoms with Crippen LogP contribution in [0.4, 0.5) is 0 Å². The van der Waals surface area contributed by atoms with Crippen molar-refractivity contribution in [3.05, 3.63) is 47.5 Å². The molecule has 0 unspecified atom stereocenters. The van der Waals surface area contributed by atoms with Gasteiger partial charge in [0.05, 0.1) is 17.0 Å². The minimum absolute atomic E-state index is 0.208. The average Bonchev–Trinajstić information content (AvgIpc) is 3.16. The van der Waals surface area contributed by atoms with E-state index in [2.05, 4.69) is 16.5 Å². The number of aryl methyl sites for hydroxylation is 2. The van der Waals surface area contributed by atoms with Crippen LogP contribution < -0.4 is 10.1 Å². The van der Waals surface area contributed by atoms with Gasteiger partial charge in [-0.15, -0.1) is 0 Å². The third-order valence-electron chi connectivity index (χ3n) is 5.88. The summed E-state index contributed by atoms with van der Waals surface area (Å²) in [7, 11) is 1.80. The Balaban J connectivity index is 1.66. The number of ether oxygens (including phenoxy) is 2. The first-order valence-corrected chi connectivity index (χ1v) is 11.5. The summed E-state index contributed by atoms with van der Waals surface area (Å²) in [5.74, 6) is 2.59. The Hall–Kier alpha value is -2.81. The van der Waals surface area contributed by atoms with Crippen LogP contribution >= 0.6 is 0 Å². The fourth-order valence-electron chi connectivity index (χ4n) is 4.17. The lowest BCUT2D eigenvalue weighted by atomic mass is 9.94. The van der Waals surface area contributed by atoms with Gasteiger partial charge >= 0.3 is 0 Å². The summed E-state index contributed by atoms with van der Waals surface area (Å²) in [5, 5.41) is 17.0. The molecule has 3 heterocycles. The van der Waals surface area contributed by atoms with E-state index in [-0.39, 0.29) is 6.61 Å². The van der Waals surface area contributed by atoms with Crippen molar-refractivity contribution < 1.29 is 19.1 Å². The number of aliphatic hydroxyl groups is 1. The molecule has 0 bridgehead atoms. The molecule has 8 heteroatoms. The van der Waals surface area contributed by atoms with E-state index < -0.39 is 6.10 Å². The van der Waals surface area contributed by atoms with E-state index >= 15 is 0 Å². The van der Waals surface area contributed by atoms with Gasteiger partial charge in [-0.3, -0.25) is 0 Å². The topological polar surface area (TPSA) is 103 Å². The van der Waals surface area contributed by atoms with E-state index in [4.69, 9.17) is 24.0 Å². The van der Waals surface area contributed by atoms with Crippen molar-refractivity contribution in [3.63, 3.8) is 0 Å². The summed E-state index contributed by atoms with van der Waals surface area (Å²) in [5.41, 5.74) is 4.39. The Bertz CT molecular complexity index is 1040. The predicted molar refractivity (Wildman–Crippen MR) is 125 cm³/mol. The van der Waals surface area contributed by atoms with Crippen molar-refractivity contribution in [1.82, 2.24) is 20.4 Å². The van der Waals surface area contributed by atoms with Crippen LogP contribution in [0.3, 0.4) is 0 Å². The van der Waals surface area contributed by atoms with E-state index in [1.165, 1.54) is 0 Å². The molecule has 2 N–H and O–H groups in total. The Kier molecular flexibility index (Phi) is 7.69. The van der Waals surface area contributed by atoms with Crippen LogP contribution in [0.5, 0.6) is 5.75 Å². The number of aromatic nitrogens is 3. The van der Waals surface area contributed by atoms with E-state index in [1.54, 1.807) is 7.05 Å². The van der Waals surface area contributed by atoms with E-state index in [1.807, 2.05) is 38.1 Å². The van der Waals surface area contributed by atoms with Gasteiger partial charge in [-0.2, -0.15) is 0 Å². The normalized spacial score (nSPS) is 15.5. The largest absolute Gasteiger partial charge is 0.491 e. The van der Waals surface area contributed by atoms with Gasteiger partial charge in [0.25, 0.3) is 0 Å². The van der Waals surface area contributed by atoms with Gasteiger partial charge in [0.2, 0.25) is 0 Å². The molecule has 176 valence electrons. The number of nitrogens with one attached hydrogen (secondary N) is 1. The van der Waals surface area contributed by atoms with Crippen molar-refractivity contribution >= 4 is 0 Å². The number of aliphatic hydroxyl groups excluding tert-OH is 1. The van der Waals surface area contributed by atoms with Crippen LogP contribution in [0.25, 0.3) is 22.6 Å². The number of hydrogen-bond donors (Lipinski definition) is 2. The van der Waals surface area contributed by atoms with Gasteiger partial charge in [0.15, 0.2) is 5.82 Å². The summed E-state index contributed by atoms with van der Waals surface area (Å²) in [6, 6.07) is 9.73.